The SMILES string of the molecule is CC.Cc1c[nH]c2ccc(-c3noc(N)n3)cc12. The zero-order valence-electron chi connectivity index (χ0n) is 10.7. The van der Waals surface area contributed by atoms with Crippen LogP contribution in [0.15, 0.2) is 28.9 Å². The van der Waals surface area contributed by atoms with Gasteiger partial charge < -0.3 is 15.2 Å². The molecule has 18 heavy (non-hydrogen) atoms. The number of aromatic amines is 1. The van der Waals surface area contributed by atoms with Crippen LogP contribution in [0.25, 0.3) is 22.3 Å². The van der Waals surface area contributed by atoms with E-state index in [-0.39, 0.29) is 6.01 Å². The molecule has 0 fully saturated rings. The fraction of sp³-hybridized carbons (Fsp3) is 0.231. The van der Waals surface area contributed by atoms with Crippen LogP contribution in [-0.4, -0.2) is 15.1 Å². The lowest BCUT2D eigenvalue weighted by molar-refractivity contribution is 0.437. The Hall–Kier alpha value is -2.30. The largest absolute Gasteiger partial charge is 0.361 e. The lowest BCUT2D eigenvalue weighted by Gasteiger charge is -1.95. The van der Waals surface area contributed by atoms with Crippen molar-refractivity contribution in [3.8, 4) is 11.4 Å². The van der Waals surface area contributed by atoms with Gasteiger partial charge in [-0.25, -0.2) is 0 Å². The van der Waals surface area contributed by atoms with E-state index in [1.807, 2.05) is 45.2 Å². The van der Waals surface area contributed by atoms with Crippen molar-refractivity contribution in [2.24, 2.45) is 0 Å². The van der Waals surface area contributed by atoms with E-state index >= 15 is 0 Å². The van der Waals surface area contributed by atoms with Crippen LogP contribution in [0.3, 0.4) is 0 Å². The fourth-order valence-corrected chi connectivity index (χ4v) is 1.75. The Morgan fingerprint density at radius 3 is 2.72 bits per heavy atom. The number of nitrogen functional groups attached to an aromatic ring is 1. The van der Waals surface area contributed by atoms with Gasteiger partial charge in [-0.1, -0.05) is 19.0 Å². The molecule has 1 aromatic carbocycles. The van der Waals surface area contributed by atoms with Gasteiger partial charge in [-0.3, -0.25) is 0 Å². The summed E-state index contributed by atoms with van der Waals surface area (Å²) in [5.74, 6) is 0.514. The molecule has 0 spiro atoms. The molecule has 0 saturated heterocycles. The highest BCUT2D eigenvalue weighted by Crippen LogP contribution is 2.24. The molecule has 0 radical (unpaired) electrons. The number of hydrogen-bond acceptors (Lipinski definition) is 4. The first kappa shape index (κ1) is 12.2. The summed E-state index contributed by atoms with van der Waals surface area (Å²) in [4.78, 5) is 7.17. The Balaban J connectivity index is 0.000000574. The maximum atomic E-state index is 5.39. The van der Waals surface area contributed by atoms with Gasteiger partial charge in [0.1, 0.15) is 0 Å². The maximum Gasteiger partial charge on any atom is 0.319 e. The summed E-state index contributed by atoms with van der Waals surface area (Å²) in [6, 6.07) is 6.03. The van der Waals surface area contributed by atoms with Crippen molar-refractivity contribution >= 4 is 16.9 Å². The minimum Gasteiger partial charge on any atom is -0.361 e. The number of nitrogens with one attached hydrogen (secondary N) is 1. The Morgan fingerprint density at radius 2 is 2.06 bits per heavy atom. The van der Waals surface area contributed by atoms with Gasteiger partial charge in [0.2, 0.25) is 5.82 Å². The van der Waals surface area contributed by atoms with Gasteiger partial charge >= 0.3 is 6.01 Å². The number of H-pyrrole nitrogens is 1. The predicted molar refractivity (Wildman–Crippen MR) is 72.1 cm³/mol. The van der Waals surface area contributed by atoms with Crippen molar-refractivity contribution in [1.29, 1.82) is 0 Å². The Labute approximate surface area is 105 Å². The van der Waals surface area contributed by atoms with Gasteiger partial charge in [0, 0.05) is 22.7 Å². The summed E-state index contributed by atoms with van der Waals surface area (Å²) < 4.78 is 4.75. The Kier molecular flexibility index (Phi) is 3.32. The van der Waals surface area contributed by atoms with Gasteiger partial charge in [0.25, 0.3) is 0 Å². The minimum atomic E-state index is 0.0842. The lowest BCUT2D eigenvalue weighted by atomic mass is 10.1. The van der Waals surface area contributed by atoms with E-state index in [2.05, 4.69) is 15.1 Å². The summed E-state index contributed by atoms with van der Waals surface area (Å²) in [5.41, 5.74) is 8.57. The van der Waals surface area contributed by atoms with E-state index in [1.54, 1.807) is 0 Å². The van der Waals surface area contributed by atoms with Crippen molar-refractivity contribution in [1.82, 2.24) is 15.1 Å². The smallest absolute Gasteiger partial charge is 0.319 e. The van der Waals surface area contributed by atoms with E-state index in [0.717, 1.165) is 16.5 Å². The lowest BCUT2D eigenvalue weighted by Crippen LogP contribution is -1.84. The maximum absolute atomic E-state index is 5.39. The highest BCUT2D eigenvalue weighted by Gasteiger charge is 2.08. The molecule has 0 aliphatic carbocycles. The van der Waals surface area contributed by atoms with E-state index in [9.17, 15) is 0 Å². The molecule has 3 N–H and O–H groups in total. The van der Waals surface area contributed by atoms with Crippen LogP contribution in [0.2, 0.25) is 0 Å². The number of nitrogens with zero attached hydrogens (tertiary/aromatic N) is 2. The van der Waals surface area contributed by atoms with E-state index in [4.69, 9.17) is 10.3 Å². The first-order valence-corrected chi connectivity index (χ1v) is 5.91. The average Bonchev–Trinajstić information content (AvgIpc) is 2.99. The molecule has 0 aliphatic rings. The zero-order chi connectivity index (χ0) is 13.1. The van der Waals surface area contributed by atoms with Crippen molar-refractivity contribution in [2.45, 2.75) is 20.8 Å². The number of fused-ring (bicyclic) bond motifs is 1. The zero-order valence-corrected chi connectivity index (χ0v) is 10.7. The van der Waals surface area contributed by atoms with Gasteiger partial charge in [-0.05, 0) is 30.7 Å². The molecule has 94 valence electrons. The van der Waals surface area contributed by atoms with Gasteiger partial charge in [0.15, 0.2) is 0 Å². The molecular formula is C13H16N4O. The second-order valence-electron chi connectivity index (χ2n) is 3.69. The number of hydrogen-bond donors (Lipinski definition) is 2. The van der Waals surface area contributed by atoms with Crippen LogP contribution in [-0.2, 0) is 0 Å². The normalized spacial score (nSPS) is 10.2. The number of benzene rings is 1. The van der Waals surface area contributed by atoms with Crippen LogP contribution in [0.4, 0.5) is 6.01 Å². The third-order valence-corrected chi connectivity index (χ3v) is 2.59. The number of rotatable bonds is 1. The third-order valence-electron chi connectivity index (χ3n) is 2.59. The predicted octanol–water partition coefficient (Wildman–Crippen LogP) is 3.13. The minimum absolute atomic E-state index is 0.0842. The summed E-state index contributed by atoms with van der Waals surface area (Å²) in [6.45, 7) is 6.05. The van der Waals surface area contributed by atoms with Crippen LogP contribution >= 0.6 is 0 Å². The van der Waals surface area contributed by atoms with Crippen molar-refractivity contribution in [3.63, 3.8) is 0 Å². The molecule has 2 heterocycles. The molecule has 5 heteroatoms. The first-order valence-electron chi connectivity index (χ1n) is 5.91. The van der Waals surface area contributed by atoms with Crippen LogP contribution in [0, 0.1) is 6.92 Å². The van der Waals surface area contributed by atoms with E-state index in [1.165, 1.54) is 5.56 Å². The average molecular weight is 244 g/mol. The molecule has 2 aromatic heterocycles. The van der Waals surface area contributed by atoms with Gasteiger partial charge in [-0.2, -0.15) is 4.98 Å². The Bertz CT molecular complexity index is 654. The van der Waals surface area contributed by atoms with Crippen molar-refractivity contribution in [3.05, 3.63) is 30.0 Å². The van der Waals surface area contributed by atoms with Crippen molar-refractivity contribution in [2.75, 3.05) is 5.73 Å². The summed E-state index contributed by atoms with van der Waals surface area (Å²) in [5, 5.41) is 4.94. The third kappa shape index (κ3) is 2.07. The highest BCUT2D eigenvalue weighted by atomic mass is 16.5. The highest BCUT2D eigenvalue weighted by molar-refractivity contribution is 5.86. The number of anilines is 1. The second-order valence-corrected chi connectivity index (χ2v) is 3.69. The molecule has 0 unspecified atom stereocenters. The van der Waals surface area contributed by atoms with Gasteiger partial charge in [0.05, 0.1) is 0 Å². The van der Waals surface area contributed by atoms with E-state index in [0.29, 0.717) is 5.82 Å². The number of aryl methyl sites for hydroxylation is 1. The number of aromatic nitrogens is 3. The monoisotopic (exact) mass is 244 g/mol. The molecule has 3 rings (SSSR count). The molecular weight excluding hydrogens is 228 g/mol. The quantitative estimate of drug-likeness (QED) is 0.689. The standard InChI is InChI=1S/C11H10N4O.C2H6/c1-6-5-13-9-3-2-7(4-8(6)9)10-14-11(12)16-15-10;1-2/h2-5,13H,1H3,(H2,12,14,15);1-2H3. The van der Waals surface area contributed by atoms with Crippen LogP contribution < -0.4 is 5.73 Å². The topological polar surface area (TPSA) is 80.7 Å². The first-order chi connectivity index (χ1) is 8.74. The summed E-state index contributed by atoms with van der Waals surface area (Å²) >= 11 is 0. The number of nitrogens with two attached hydrogens (primary N) is 1. The molecule has 3 aromatic rings. The van der Waals surface area contributed by atoms with Crippen molar-refractivity contribution < 1.29 is 4.52 Å². The summed E-state index contributed by atoms with van der Waals surface area (Å²) in [6.07, 6.45) is 1.97. The molecule has 0 saturated carbocycles. The molecule has 0 amide bonds. The molecule has 0 aliphatic heterocycles. The Morgan fingerprint density at radius 1 is 1.28 bits per heavy atom. The van der Waals surface area contributed by atoms with Crippen LogP contribution in [0.5, 0.6) is 0 Å². The van der Waals surface area contributed by atoms with Crippen LogP contribution in [0.1, 0.15) is 19.4 Å². The fourth-order valence-electron chi connectivity index (χ4n) is 1.75. The summed E-state index contributed by atoms with van der Waals surface area (Å²) in [7, 11) is 0. The second kappa shape index (κ2) is 4.91. The van der Waals surface area contributed by atoms with Gasteiger partial charge in [-0.15, -0.1) is 0 Å². The molecule has 5 nitrogen and oxygen atoms in total. The van der Waals surface area contributed by atoms with E-state index < -0.39 is 0 Å². The molecule has 0 bridgehead atoms. The molecule has 0 atom stereocenters.